The Hall–Kier alpha value is -0.870. The number of nitrogens with two attached hydrogens (primary N) is 1. The number of hydrogen-bond donors (Lipinski definition) is 1. The van der Waals surface area contributed by atoms with Crippen LogP contribution in [0, 0.1) is 12.8 Å². The molecular formula is C12H17NO2S. The molecule has 1 aliphatic rings. The average molecular weight is 239 g/mol. The van der Waals surface area contributed by atoms with Crippen LogP contribution in [0.1, 0.15) is 17.0 Å². The van der Waals surface area contributed by atoms with Gasteiger partial charge in [-0.2, -0.15) is 0 Å². The fourth-order valence-electron chi connectivity index (χ4n) is 2.43. The van der Waals surface area contributed by atoms with Crippen molar-refractivity contribution in [1.82, 2.24) is 0 Å². The van der Waals surface area contributed by atoms with E-state index < -0.39 is 9.84 Å². The zero-order valence-corrected chi connectivity index (χ0v) is 10.4. The second-order valence-electron chi connectivity index (χ2n) is 4.63. The van der Waals surface area contributed by atoms with E-state index >= 15 is 0 Å². The number of aryl methyl sites for hydroxylation is 1. The molecule has 1 aromatic carbocycles. The van der Waals surface area contributed by atoms with E-state index in [1.54, 1.807) is 0 Å². The molecule has 16 heavy (non-hydrogen) atoms. The monoisotopic (exact) mass is 239 g/mol. The summed E-state index contributed by atoms with van der Waals surface area (Å²) in [4.78, 5) is 0. The number of sulfone groups is 1. The molecule has 3 nitrogen and oxygen atoms in total. The van der Waals surface area contributed by atoms with Crippen LogP contribution in [-0.4, -0.2) is 26.5 Å². The van der Waals surface area contributed by atoms with E-state index in [-0.39, 0.29) is 17.1 Å². The summed E-state index contributed by atoms with van der Waals surface area (Å²) in [7, 11) is -2.98. The standard InChI is InChI=1S/C12H17NO2S/c1-8-3-5-9(6-4-8)11-10(7-13)12(11)16(2,14)15/h3-6,10-12H,7,13H2,1-2H3/t10-,11+,12+/m1/s1. The highest BCUT2D eigenvalue weighted by Crippen LogP contribution is 2.51. The Morgan fingerprint density at radius 1 is 1.25 bits per heavy atom. The lowest BCUT2D eigenvalue weighted by molar-refractivity contribution is 0.597. The minimum atomic E-state index is -2.98. The Balaban J connectivity index is 2.27. The third kappa shape index (κ3) is 1.99. The van der Waals surface area contributed by atoms with Crippen molar-refractivity contribution in [3.63, 3.8) is 0 Å². The Kier molecular flexibility index (Phi) is 2.80. The Morgan fingerprint density at radius 3 is 2.19 bits per heavy atom. The van der Waals surface area contributed by atoms with Crippen LogP contribution in [0.3, 0.4) is 0 Å². The normalized spacial score (nSPS) is 29.1. The van der Waals surface area contributed by atoms with E-state index in [2.05, 4.69) is 0 Å². The molecule has 0 unspecified atom stereocenters. The van der Waals surface area contributed by atoms with Gasteiger partial charge in [-0.05, 0) is 24.9 Å². The summed E-state index contributed by atoms with van der Waals surface area (Å²) in [5, 5.41) is -0.278. The van der Waals surface area contributed by atoms with Gasteiger partial charge < -0.3 is 5.73 Å². The largest absolute Gasteiger partial charge is 0.330 e. The van der Waals surface area contributed by atoms with E-state index in [0.717, 1.165) is 5.56 Å². The van der Waals surface area contributed by atoms with Gasteiger partial charge in [0.05, 0.1) is 5.25 Å². The first-order valence-corrected chi connectivity index (χ1v) is 7.36. The molecule has 1 fully saturated rings. The highest BCUT2D eigenvalue weighted by atomic mass is 32.2. The zero-order chi connectivity index (χ0) is 11.9. The fourth-order valence-corrected chi connectivity index (χ4v) is 4.15. The molecule has 0 amide bonds. The topological polar surface area (TPSA) is 60.2 Å². The van der Waals surface area contributed by atoms with Crippen LogP contribution in [-0.2, 0) is 9.84 Å². The minimum Gasteiger partial charge on any atom is -0.330 e. The molecule has 2 rings (SSSR count). The van der Waals surface area contributed by atoms with E-state index in [4.69, 9.17) is 5.73 Å². The lowest BCUT2D eigenvalue weighted by Gasteiger charge is -2.00. The average Bonchev–Trinajstić information content (AvgIpc) is 2.92. The van der Waals surface area contributed by atoms with Crippen molar-refractivity contribution < 1.29 is 8.42 Å². The molecule has 0 aromatic heterocycles. The Labute approximate surface area is 96.6 Å². The van der Waals surface area contributed by atoms with Gasteiger partial charge in [0.25, 0.3) is 0 Å². The molecule has 1 aliphatic carbocycles. The van der Waals surface area contributed by atoms with E-state index in [0.29, 0.717) is 6.54 Å². The molecule has 0 saturated heterocycles. The first kappa shape index (κ1) is 11.6. The maximum absolute atomic E-state index is 11.6. The predicted octanol–water partition coefficient (Wildman–Crippen LogP) is 1.08. The summed E-state index contributed by atoms with van der Waals surface area (Å²) >= 11 is 0. The number of benzene rings is 1. The molecule has 1 saturated carbocycles. The van der Waals surface area contributed by atoms with Crippen molar-refractivity contribution >= 4 is 9.84 Å². The van der Waals surface area contributed by atoms with Crippen molar-refractivity contribution in [1.29, 1.82) is 0 Å². The van der Waals surface area contributed by atoms with Crippen molar-refractivity contribution in [2.24, 2.45) is 11.7 Å². The predicted molar refractivity (Wildman–Crippen MR) is 65.1 cm³/mol. The molecule has 0 bridgehead atoms. The van der Waals surface area contributed by atoms with Crippen LogP contribution in [0.15, 0.2) is 24.3 Å². The number of hydrogen-bond acceptors (Lipinski definition) is 3. The van der Waals surface area contributed by atoms with E-state index in [1.807, 2.05) is 31.2 Å². The molecule has 0 aliphatic heterocycles. The van der Waals surface area contributed by atoms with Crippen LogP contribution >= 0.6 is 0 Å². The lowest BCUT2D eigenvalue weighted by Crippen LogP contribution is -2.11. The lowest BCUT2D eigenvalue weighted by atomic mass is 10.1. The maximum atomic E-state index is 11.6. The second-order valence-corrected chi connectivity index (χ2v) is 6.83. The van der Waals surface area contributed by atoms with Crippen molar-refractivity contribution in [3.8, 4) is 0 Å². The van der Waals surface area contributed by atoms with Crippen molar-refractivity contribution in [2.45, 2.75) is 18.1 Å². The zero-order valence-electron chi connectivity index (χ0n) is 9.55. The van der Waals surface area contributed by atoms with Gasteiger partial charge in [0.15, 0.2) is 9.84 Å². The molecule has 0 heterocycles. The third-order valence-electron chi connectivity index (χ3n) is 3.33. The highest BCUT2D eigenvalue weighted by molar-refractivity contribution is 7.91. The molecule has 3 atom stereocenters. The molecule has 88 valence electrons. The van der Waals surface area contributed by atoms with Crippen LogP contribution in [0.25, 0.3) is 0 Å². The van der Waals surface area contributed by atoms with Gasteiger partial charge in [-0.15, -0.1) is 0 Å². The quantitative estimate of drug-likeness (QED) is 0.858. The van der Waals surface area contributed by atoms with E-state index in [9.17, 15) is 8.42 Å². The summed E-state index contributed by atoms with van der Waals surface area (Å²) in [5.74, 6) is 0.193. The van der Waals surface area contributed by atoms with Gasteiger partial charge in [0.2, 0.25) is 0 Å². The minimum absolute atomic E-state index is 0.0951. The SMILES string of the molecule is Cc1ccc([C@H]2[C@@H](CN)[C@@H]2S(C)(=O)=O)cc1. The van der Waals surface area contributed by atoms with E-state index in [1.165, 1.54) is 11.8 Å². The molecule has 2 N–H and O–H groups in total. The van der Waals surface area contributed by atoms with Gasteiger partial charge >= 0.3 is 0 Å². The maximum Gasteiger partial charge on any atom is 0.151 e. The second kappa shape index (κ2) is 3.86. The molecule has 1 aromatic rings. The smallest absolute Gasteiger partial charge is 0.151 e. The Bertz CT molecular complexity index is 478. The van der Waals surface area contributed by atoms with Crippen LogP contribution in [0.5, 0.6) is 0 Å². The molecular weight excluding hydrogens is 222 g/mol. The van der Waals surface area contributed by atoms with Crippen molar-refractivity contribution in [3.05, 3.63) is 35.4 Å². The highest BCUT2D eigenvalue weighted by Gasteiger charge is 2.55. The molecule has 0 spiro atoms. The fraction of sp³-hybridized carbons (Fsp3) is 0.500. The third-order valence-corrected chi connectivity index (χ3v) is 4.96. The van der Waals surface area contributed by atoms with Crippen LogP contribution in [0.2, 0.25) is 0 Å². The molecule has 4 heteroatoms. The molecule has 0 radical (unpaired) electrons. The van der Waals surface area contributed by atoms with Gasteiger partial charge in [-0.3, -0.25) is 0 Å². The van der Waals surface area contributed by atoms with Crippen LogP contribution < -0.4 is 5.73 Å². The van der Waals surface area contributed by atoms with Gasteiger partial charge in [0, 0.05) is 12.2 Å². The van der Waals surface area contributed by atoms with Gasteiger partial charge in [0.1, 0.15) is 0 Å². The Morgan fingerprint density at radius 2 is 1.81 bits per heavy atom. The summed E-state index contributed by atoms with van der Waals surface area (Å²) in [6, 6.07) is 8.04. The summed E-state index contributed by atoms with van der Waals surface area (Å²) in [6.07, 6.45) is 1.30. The van der Waals surface area contributed by atoms with Crippen LogP contribution in [0.4, 0.5) is 0 Å². The van der Waals surface area contributed by atoms with Gasteiger partial charge in [-0.25, -0.2) is 8.42 Å². The summed E-state index contributed by atoms with van der Waals surface area (Å²) < 4.78 is 23.1. The van der Waals surface area contributed by atoms with Gasteiger partial charge in [-0.1, -0.05) is 29.8 Å². The first-order chi connectivity index (χ1) is 7.45. The van der Waals surface area contributed by atoms with Crippen molar-refractivity contribution in [2.75, 3.05) is 12.8 Å². The summed E-state index contributed by atoms with van der Waals surface area (Å²) in [5.41, 5.74) is 7.89. The first-order valence-electron chi connectivity index (χ1n) is 5.40. The summed E-state index contributed by atoms with van der Waals surface area (Å²) in [6.45, 7) is 2.46. The number of rotatable bonds is 3.